The highest BCUT2D eigenvalue weighted by atomic mass is 19.3. The molecular weight excluding hydrogens is 288 g/mol. The highest BCUT2D eigenvalue weighted by molar-refractivity contribution is 5.77. The SMILES string of the molecule is CC(F)(F)c1ccc(CN=C(N)NCC2(O)CCCC2)cc1. The highest BCUT2D eigenvalue weighted by Gasteiger charge is 2.30. The Morgan fingerprint density at radius 1 is 1.32 bits per heavy atom. The molecule has 0 amide bonds. The molecule has 4 N–H and O–H groups in total. The summed E-state index contributed by atoms with van der Waals surface area (Å²) in [6, 6.07) is 6.04. The molecule has 6 heteroatoms. The number of nitrogens with two attached hydrogens (primary N) is 1. The van der Waals surface area contributed by atoms with Gasteiger partial charge in [-0.3, -0.25) is 0 Å². The van der Waals surface area contributed by atoms with Crippen molar-refractivity contribution in [3.05, 3.63) is 35.4 Å². The zero-order chi connectivity index (χ0) is 16.2. The molecule has 1 aromatic carbocycles. The number of halogens is 2. The number of hydrogen-bond donors (Lipinski definition) is 3. The van der Waals surface area contributed by atoms with Crippen molar-refractivity contribution in [1.82, 2.24) is 5.32 Å². The minimum atomic E-state index is -2.83. The van der Waals surface area contributed by atoms with Crippen molar-refractivity contribution in [3.8, 4) is 0 Å². The van der Waals surface area contributed by atoms with E-state index in [4.69, 9.17) is 5.73 Å². The van der Waals surface area contributed by atoms with Gasteiger partial charge in [-0.2, -0.15) is 0 Å². The third-order valence-corrected chi connectivity index (χ3v) is 4.03. The molecule has 0 aromatic heterocycles. The minimum Gasteiger partial charge on any atom is -0.388 e. The Morgan fingerprint density at radius 2 is 1.91 bits per heavy atom. The fraction of sp³-hybridized carbons (Fsp3) is 0.562. The van der Waals surface area contributed by atoms with Crippen LogP contribution in [0.1, 0.15) is 43.7 Å². The fourth-order valence-corrected chi connectivity index (χ4v) is 2.60. The molecule has 1 aromatic rings. The lowest BCUT2D eigenvalue weighted by molar-refractivity contribution is 0.0174. The van der Waals surface area contributed by atoms with Gasteiger partial charge in [0.15, 0.2) is 5.96 Å². The Hall–Kier alpha value is -1.69. The number of nitrogens with one attached hydrogen (secondary N) is 1. The summed E-state index contributed by atoms with van der Waals surface area (Å²) in [6.45, 7) is 1.58. The molecule has 0 radical (unpaired) electrons. The predicted molar refractivity (Wildman–Crippen MR) is 82.8 cm³/mol. The lowest BCUT2D eigenvalue weighted by atomic mass is 10.0. The largest absolute Gasteiger partial charge is 0.388 e. The van der Waals surface area contributed by atoms with Crippen LogP contribution in [0.15, 0.2) is 29.3 Å². The molecule has 0 bridgehead atoms. The van der Waals surface area contributed by atoms with E-state index < -0.39 is 11.5 Å². The van der Waals surface area contributed by atoms with Gasteiger partial charge < -0.3 is 16.2 Å². The van der Waals surface area contributed by atoms with Crippen molar-refractivity contribution in [2.24, 2.45) is 10.7 Å². The van der Waals surface area contributed by atoms with E-state index in [1.54, 1.807) is 12.1 Å². The van der Waals surface area contributed by atoms with Crippen LogP contribution in [-0.2, 0) is 12.5 Å². The first-order valence-corrected chi connectivity index (χ1v) is 7.52. The van der Waals surface area contributed by atoms with Crippen LogP contribution in [0.5, 0.6) is 0 Å². The summed E-state index contributed by atoms with van der Waals surface area (Å²) >= 11 is 0. The fourth-order valence-electron chi connectivity index (χ4n) is 2.60. The van der Waals surface area contributed by atoms with Crippen molar-refractivity contribution >= 4 is 5.96 Å². The molecule has 22 heavy (non-hydrogen) atoms. The molecule has 0 atom stereocenters. The third kappa shape index (κ3) is 4.66. The van der Waals surface area contributed by atoms with E-state index in [2.05, 4.69) is 10.3 Å². The zero-order valence-corrected chi connectivity index (χ0v) is 12.8. The maximum atomic E-state index is 13.1. The molecule has 0 spiro atoms. The molecule has 1 fully saturated rings. The van der Waals surface area contributed by atoms with Crippen LogP contribution < -0.4 is 11.1 Å². The second-order valence-corrected chi connectivity index (χ2v) is 6.07. The van der Waals surface area contributed by atoms with Crippen LogP contribution in [0, 0.1) is 0 Å². The van der Waals surface area contributed by atoms with Crippen molar-refractivity contribution in [1.29, 1.82) is 0 Å². The van der Waals surface area contributed by atoms with Crippen LogP contribution >= 0.6 is 0 Å². The van der Waals surface area contributed by atoms with Crippen LogP contribution in [-0.4, -0.2) is 23.2 Å². The Morgan fingerprint density at radius 3 is 2.45 bits per heavy atom. The standard InChI is InChI=1S/C16H23F2N3O/c1-15(17,18)13-6-4-12(5-7-13)10-20-14(19)21-11-16(22)8-2-3-9-16/h4-7,22H,2-3,8-11H2,1H3,(H3,19,20,21). The number of rotatable bonds is 5. The average molecular weight is 311 g/mol. The maximum Gasteiger partial charge on any atom is 0.270 e. The molecule has 4 nitrogen and oxygen atoms in total. The summed E-state index contributed by atoms with van der Waals surface area (Å²) in [4.78, 5) is 4.16. The van der Waals surface area contributed by atoms with E-state index in [-0.39, 0.29) is 11.5 Å². The molecular formula is C16H23F2N3O. The van der Waals surface area contributed by atoms with E-state index in [1.165, 1.54) is 12.1 Å². The minimum absolute atomic E-state index is 0.0187. The van der Waals surface area contributed by atoms with Crippen LogP contribution in [0.2, 0.25) is 0 Å². The Balaban J connectivity index is 1.85. The summed E-state index contributed by atoms with van der Waals surface area (Å²) in [7, 11) is 0. The van der Waals surface area contributed by atoms with Gasteiger partial charge in [-0.1, -0.05) is 37.1 Å². The molecule has 1 aliphatic carbocycles. The zero-order valence-electron chi connectivity index (χ0n) is 12.8. The van der Waals surface area contributed by atoms with E-state index in [0.717, 1.165) is 38.2 Å². The van der Waals surface area contributed by atoms with Crippen LogP contribution in [0.3, 0.4) is 0 Å². The van der Waals surface area contributed by atoms with Gasteiger partial charge in [-0.15, -0.1) is 0 Å². The molecule has 0 aliphatic heterocycles. The molecule has 0 heterocycles. The number of guanidine groups is 1. The van der Waals surface area contributed by atoms with E-state index >= 15 is 0 Å². The third-order valence-electron chi connectivity index (χ3n) is 4.03. The monoisotopic (exact) mass is 311 g/mol. The molecule has 0 saturated heterocycles. The van der Waals surface area contributed by atoms with Crippen LogP contribution in [0.4, 0.5) is 8.78 Å². The van der Waals surface area contributed by atoms with Crippen molar-refractivity contribution in [2.75, 3.05) is 6.54 Å². The Labute approximate surface area is 129 Å². The topological polar surface area (TPSA) is 70.6 Å². The quantitative estimate of drug-likeness (QED) is 0.578. The first kappa shape index (κ1) is 16.7. The average Bonchev–Trinajstić information content (AvgIpc) is 2.90. The number of nitrogens with zero attached hydrogens (tertiary/aromatic N) is 1. The second kappa shape index (κ2) is 6.60. The van der Waals surface area contributed by atoms with Gasteiger partial charge in [0, 0.05) is 19.0 Å². The number of hydrogen-bond acceptors (Lipinski definition) is 2. The smallest absolute Gasteiger partial charge is 0.270 e. The van der Waals surface area contributed by atoms with Gasteiger partial charge in [0.2, 0.25) is 0 Å². The van der Waals surface area contributed by atoms with Gasteiger partial charge >= 0.3 is 0 Å². The number of aliphatic imine (C=N–C) groups is 1. The number of aliphatic hydroxyl groups is 1. The summed E-state index contributed by atoms with van der Waals surface area (Å²) in [6.07, 6.45) is 3.62. The van der Waals surface area contributed by atoms with E-state index in [9.17, 15) is 13.9 Å². The summed E-state index contributed by atoms with van der Waals surface area (Å²) < 4.78 is 26.2. The summed E-state index contributed by atoms with van der Waals surface area (Å²) in [5, 5.41) is 13.1. The maximum absolute atomic E-state index is 13.1. The first-order chi connectivity index (χ1) is 10.3. The van der Waals surface area contributed by atoms with Crippen molar-refractivity contribution < 1.29 is 13.9 Å². The summed E-state index contributed by atoms with van der Waals surface area (Å²) in [5.74, 6) is -2.58. The van der Waals surface area contributed by atoms with E-state index in [0.29, 0.717) is 13.1 Å². The number of benzene rings is 1. The van der Waals surface area contributed by atoms with Gasteiger partial charge in [0.1, 0.15) is 0 Å². The summed E-state index contributed by atoms with van der Waals surface area (Å²) in [5.41, 5.74) is 5.86. The molecule has 2 rings (SSSR count). The lowest BCUT2D eigenvalue weighted by Gasteiger charge is -2.22. The van der Waals surface area contributed by atoms with Gasteiger partial charge in [0.25, 0.3) is 5.92 Å². The van der Waals surface area contributed by atoms with Gasteiger partial charge in [-0.25, -0.2) is 13.8 Å². The van der Waals surface area contributed by atoms with Gasteiger partial charge in [0.05, 0.1) is 12.1 Å². The normalized spacial score (nSPS) is 18.5. The van der Waals surface area contributed by atoms with Gasteiger partial charge in [-0.05, 0) is 18.4 Å². The molecule has 122 valence electrons. The Bertz CT molecular complexity index is 517. The second-order valence-electron chi connectivity index (χ2n) is 6.07. The van der Waals surface area contributed by atoms with Crippen LogP contribution in [0.25, 0.3) is 0 Å². The molecule has 1 aliphatic rings. The van der Waals surface area contributed by atoms with E-state index in [1.807, 2.05) is 0 Å². The van der Waals surface area contributed by atoms with Crippen molar-refractivity contribution in [3.63, 3.8) is 0 Å². The molecule has 1 saturated carbocycles. The van der Waals surface area contributed by atoms with Crippen molar-refractivity contribution in [2.45, 2.75) is 50.7 Å². The Kier molecular flexibility index (Phi) is 5.01. The highest BCUT2D eigenvalue weighted by Crippen LogP contribution is 2.28. The first-order valence-electron chi connectivity index (χ1n) is 7.52. The predicted octanol–water partition coefficient (Wildman–Crippen LogP) is 2.51. The lowest BCUT2D eigenvalue weighted by Crippen LogP contribution is -2.43. The molecule has 0 unspecified atom stereocenters. The number of alkyl halides is 2.